The summed E-state index contributed by atoms with van der Waals surface area (Å²) in [5, 5.41) is 7.37. The normalized spacial score (nSPS) is 17.9. The molecule has 1 amide bonds. The lowest BCUT2D eigenvalue weighted by molar-refractivity contribution is 0.0655. The Kier molecular flexibility index (Phi) is 5.16. The van der Waals surface area contributed by atoms with Crippen LogP contribution in [0.15, 0.2) is 16.7 Å². The van der Waals surface area contributed by atoms with Crippen LogP contribution in [0, 0.1) is 20.8 Å². The molecule has 1 unspecified atom stereocenters. The monoisotopic (exact) mass is 338 g/mol. The molecular weight excluding hydrogens is 316 g/mol. The molecule has 0 aliphatic carbocycles. The standard InChI is InChI=1S/C16H22N4O2.ClH/c1-10-7-14(16(21)19-6-5-17-9-11(19)2)13(4)20(10)15-8-12(3)22-18-15;/h7-8,11,17H,5-6,9H2,1-4H3;1H. The molecule has 1 saturated heterocycles. The minimum absolute atomic E-state index is 0. The Morgan fingerprint density at radius 2 is 2.09 bits per heavy atom. The number of halogens is 1. The van der Waals surface area contributed by atoms with Gasteiger partial charge in [-0.25, -0.2) is 0 Å². The molecule has 1 atom stereocenters. The fourth-order valence-electron chi connectivity index (χ4n) is 3.09. The summed E-state index contributed by atoms with van der Waals surface area (Å²) in [6, 6.07) is 4.02. The van der Waals surface area contributed by atoms with Crippen LogP contribution in [-0.2, 0) is 0 Å². The third-order valence-corrected chi connectivity index (χ3v) is 4.27. The molecule has 7 heteroatoms. The number of hydrogen-bond acceptors (Lipinski definition) is 4. The van der Waals surface area contributed by atoms with Crippen molar-refractivity contribution in [2.45, 2.75) is 33.7 Å². The molecule has 0 spiro atoms. The summed E-state index contributed by atoms with van der Waals surface area (Å²) < 4.78 is 7.13. The van der Waals surface area contributed by atoms with Crippen molar-refractivity contribution in [2.24, 2.45) is 0 Å². The van der Waals surface area contributed by atoms with E-state index in [1.807, 2.05) is 42.4 Å². The molecule has 1 N–H and O–H groups in total. The van der Waals surface area contributed by atoms with Gasteiger partial charge >= 0.3 is 0 Å². The molecule has 3 heterocycles. The highest BCUT2D eigenvalue weighted by molar-refractivity contribution is 5.96. The van der Waals surface area contributed by atoms with Gasteiger partial charge < -0.3 is 14.7 Å². The number of carbonyl (C=O) groups is 1. The second kappa shape index (κ2) is 6.76. The minimum atomic E-state index is 0. The van der Waals surface area contributed by atoms with Gasteiger partial charge in [-0.1, -0.05) is 5.16 Å². The topological polar surface area (TPSA) is 63.3 Å². The molecule has 0 radical (unpaired) electrons. The van der Waals surface area contributed by atoms with Crippen LogP contribution in [0.2, 0.25) is 0 Å². The molecular formula is C16H23ClN4O2. The maximum atomic E-state index is 12.9. The summed E-state index contributed by atoms with van der Waals surface area (Å²) in [5.74, 6) is 1.57. The van der Waals surface area contributed by atoms with Crippen molar-refractivity contribution < 1.29 is 9.32 Å². The van der Waals surface area contributed by atoms with Crippen LogP contribution >= 0.6 is 12.4 Å². The smallest absolute Gasteiger partial charge is 0.256 e. The van der Waals surface area contributed by atoms with Crippen LogP contribution in [0.5, 0.6) is 0 Å². The summed E-state index contributed by atoms with van der Waals surface area (Å²) >= 11 is 0. The van der Waals surface area contributed by atoms with Crippen LogP contribution in [0.25, 0.3) is 5.82 Å². The Labute approximate surface area is 142 Å². The lowest BCUT2D eigenvalue weighted by Gasteiger charge is -2.34. The molecule has 1 aliphatic rings. The van der Waals surface area contributed by atoms with Crippen molar-refractivity contribution >= 4 is 18.3 Å². The van der Waals surface area contributed by atoms with Crippen LogP contribution < -0.4 is 5.32 Å². The van der Waals surface area contributed by atoms with Gasteiger partial charge in [0.2, 0.25) is 0 Å². The average Bonchev–Trinajstić information content (AvgIpc) is 3.02. The fourth-order valence-corrected chi connectivity index (χ4v) is 3.09. The van der Waals surface area contributed by atoms with Gasteiger partial charge in [0.15, 0.2) is 5.82 Å². The zero-order chi connectivity index (χ0) is 15.9. The van der Waals surface area contributed by atoms with Gasteiger partial charge in [-0.15, -0.1) is 12.4 Å². The van der Waals surface area contributed by atoms with E-state index in [0.717, 1.165) is 48.2 Å². The number of nitrogens with one attached hydrogen (secondary N) is 1. The maximum Gasteiger partial charge on any atom is 0.256 e. The maximum absolute atomic E-state index is 12.9. The van der Waals surface area contributed by atoms with E-state index < -0.39 is 0 Å². The lowest BCUT2D eigenvalue weighted by atomic mass is 10.1. The largest absolute Gasteiger partial charge is 0.360 e. The molecule has 2 aromatic heterocycles. The fraction of sp³-hybridized carbons (Fsp3) is 0.500. The van der Waals surface area contributed by atoms with Gasteiger partial charge in [0.05, 0.1) is 5.56 Å². The predicted molar refractivity (Wildman–Crippen MR) is 90.7 cm³/mol. The summed E-state index contributed by atoms with van der Waals surface area (Å²) in [6.07, 6.45) is 0. The number of rotatable bonds is 2. The molecule has 3 rings (SSSR count). The summed E-state index contributed by atoms with van der Waals surface area (Å²) in [5.41, 5.74) is 2.63. The molecule has 6 nitrogen and oxygen atoms in total. The summed E-state index contributed by atoms with van der Waals surface area (Å²) in [7, 11) is 0. The third-order valence-electron chi connectivity index (χ3n) is 4.27. The lowest BCUT2D eigenvalue weighted by Crippen LogP contribution is -2.52. The van der Waals surface area contributed by atoms with Gasteiger partial charge in [0.25, 0.3) is 5.91 Å². The van der Waals surface area contributed by atoms with Gasteiger partial charge in [-0.05, 0) is 33.8 Å². The van der Waals surface area contributed by atoms with Crippen molar-refractivity contribution in [3.63, 3.8) is 0 Å². The third kappa shape index (κ3) is 3.14. The second-order valence-electron chi connectivity index (χ2n) is 5.97. The van der Waals surface area contributed by atoms with Crippen LogP contribution in [0.1, 0.15) is 34.4 Å². The highest BCUT2D eigenvalue weighted by Gasteiger charge is 2.27. The van der Waals surface area contributed by atoms with Crippen molar-refractivity contribution in [3.05, 3.63) is 34.8 Å². The van der Waals surface area contributed by atoms with Crippen molar-refractivity contribution in [1.29, 1.82) is 0 Å². The molecule has 2 aromatic rings. The number of hydrogen-bond donors (Lipinski definition) is 1. The Balaban J connectivity index is 0.00000192. The van der Waals surface area contributed by atoms with E-state index in [-0.39, 0.29) is 24.4 Å². The minimum Gasteiger partial charge on any atom is -0.360 e. The first-order chi connectivity index (χ1) is 10.5. The number of piperazine rings is 1. The Morgan fingerprint density at radius 3 is 2.70 bits per heavy atom. The van der Waals surface area contributed by atoms with Crippen LogP contribution in [-0.4, -0.2) is 46.2 Å². The van der Waals surface area contributed by atoms with Crippen LogP contribution in [0.3, 0.4) is 0 Å². The summed E-state index contributed by atoms with van der Waals surface area (Å²) in [6.45, 7) is 10.3. The highest BCUT2D eigenvalue weighted by Crippen LogP contribution is 2.22. The first-order valence-electron chi connectivity index (χ1n) is 7.63. The van der Waals surface area contributed by atoms with Gasteiger partial charge in [-0.3, -0.25) is 9.36 Å². The van der Waals surface area contributed by atoms with Crippen molar-refractivity contribution in [3.8, 4) is 5.82 Å². The zero-order valence-electron chi connectivity index (χ0n) is 13.9. The SMILES string of the molecule is Cc1cc(-n2c(C)cc(C(=O)N3CCNCC3C)c2C)no1.Cl. The van der Waals surface area contributed by atoms with Crippen LogP contribution in [0.4, 0.5) is 0 Å². The van der Waals surface area contributed by atoms with E-state index in [1.165, 1.54) is 0 Å². The van der Waals surface area contributed by atoms with Gasteiger partial charge in [-0.2, -0.15) is 0 Å². The molecule has 126 valence electrons. The van der Waals surface area contributed by atoms with Gasteiger partial charge in [0.1, 0.15) is 5.76 Å². The Hall–Kier alpha value is -1.79. The predicted octanol–water partition coefficient (Wildman–Crippen LogP) is 2.25. The second-order valence-corrected chi connectivity index (χ2v) is 5.97. The van der Waals surface area contributed by atoms with Crippen molar-refractivity contribution in [2.75, 3.05) is 19.6 Å². The van der Waals surface area contributed by atoms with E-state index >= 15 is 0 Å². The quantitative estimate of drug-likeness (QED) is 0.912. The molecule has 0 bridgehead atoms. The van der Waals surface area contributed by atoms with Gasteiger partial charge in [0, 0.05) is 43.1 Å². The van der Waals surface area contributed by atoms with E-state index in [0.29, 0.717) is 0 Å². The van der Waals surface area contributed by atoms with E-state index in [9.17, 15) is 4.79 Å². The number of carbonyl (C=O) groups excluding carboxylic acids is 1. The Bertz CT molecular complexity index is 707. The molecule has 1 fully saturated rings. The Morgan fingerprint density at radius 1 is 1.35 bits per heavy atom. The molecule has 0 saturated carbocycles. The van der Waals surface area contributed by atoms with E-state index in [4.69, 9.17) is 4.52 Å². The van der Waals surface area contributed by atoms with E-state index in [2.05, 4.69) is 17.4 Å². The molecule has 1 aliphatic heterocycles. The van der Waals surface area contributed by atoms with E-state index in [1.54, 1.807) is 0 Å². The number of nitrogens with zero attached hydrogens (tertiary/aromatic N) is 3. The summed E-state index contributed by atoms with van der Waals surface area (Å²) in [4.78, 5) is 14.8. The average molecular weight is 339 g/mol. The molecule has 0 aromatic carbocycles. The first kappa shape index (κ1) is 17.6. The highest BCUT2D eigenvalue weighted by atomic mass is 35.5. The molecule has 23 heavy (non-hydrogen) atoms. The number of amides is 1. The number of aryl methyl sites for hydroxylation is 2. The number of aromatic nitrogens is 2. The first-order valence-corrected chi connectivity index (χ1v) is 7.63. The van der Waals surface area contributed by atoms with Crippen molar-refractivity contribution in [1.82, 2.24) is 19.9 Å². The zero-order valence-corrected chi connectivity index (χ0v) is 14.7.